The van der Waals surface area contributed by atoms with Crippen LogP contribution in [0.1, 0.15) is 19.3 Å². The molecule has 0 bridgehead atoms. The summed E-state index contributed by atoms with van der Waals surface area (Å²) in [5.41, 5.74) is 5.04. The molecule has 1 aliphatic rings. The summed E-state index contributed by atoms with van der Waals surface area (Å²) in [5, 5.41) is 0. The summed E-state index contributed by atoms with van der Waals surface area (Å²) in [6, 6.07) is 0. The zero-order chi connectivity index (χ0) is 13.4. The zero-order valence-electron chi connectivity index (χ0n) is 10.9. The van der Waals surface area contributed by atoms with E-state index in [0.717, 1.165) is 32.5 Å². The Balaban J connectivity index is 2.27. The number of methoxy groups -OCH3 is 1. The maximum absolute atomic E-state index is 11.9. The monoisotopic (exact) mass is 274 g/mol. The maximum atomic E-state index is 11.9. The van der Waals surface area contributed by atoms with Crippen molar-refractivity contribution in [3.05, 3.63) is 0 Å². The Hall–Kier alpha value is -0.750. The first-order valence-corrected chi connectivity index (χ1v) is 7.41. The molecule has 0 saturated carbocycles. The summed E-state index contributed by atoms with van der Waals surface area (Å²) in [6.07, 6.45) is 3.23. The van der Waals surface area contributed by atoms with Crippen molar-refractivity contribution in [2.75, 3.05) is 38.3 Å². The number of ether oxygens (including phenoxy) is 1. The lowest BCUT2D eigenvalue weighted by molar-refractivity contribution is -0.130. The van der Waals surface area contributed by atoms with Crippen molar-refractivity contribution in [1.82, 2.24) is 4.90 Å². The molecular weight excluding hydrogens is 252 g/mol. The number of rotatable bonds is 7. The van der Waals surface area contributed by atoms with Gasteiger partial charge in [0.2, 0.25) is 11.8 Å². The summed E-state index contributed by atoms with van der Waals surface area (Å²) in [5.74, 6) is 0.851. The van der Waals surface area contributed by atoms with Gasteiger partial charge >= 0.3 is 0 Å². The number of primary amides is 1. The Morgan fingerprint density at radius 3 is 2.89 bits per heavy atom. The highest BCUT2D eigenvalue weighted by atomic mass is 32.2. The van der Waals surface area contributed by atoms with Crippen LogP contribution in [-0.2, 0) is 14.3 Å². The number of piperidine rings is 1. The van der Waals surface area contributed by atoms with Gasteiger partial charge in [0.15, 0.2) is 0 Å². The van der Waals surface area contributed by atoms with Crippen molar-refractivity contribution in [2.45, 2.75) is 19.3 Å². The Labute approximate surface area is 112 Å². The van der Waals surface area contributed by atoms with E-state index in [0.29, 0.717) is 11.7 Å². The highest BCUT2D eigenvalue weighted by Gasteiger charge is 2.23. The summed E-state index contributed by atoms with van der Waals surface area (Å²) in [4.78, 5) is 24.4. The molecule has 2 amide bonds. The second kappa shape index (κ2) is 8.37. The third-order valence-corrected chi connectivity index (χ3v) is 4.01. The molecule has 1 saturated heterocycles. The minimum atomic E-state index is -0.371. The molecule has 1 rings (SSSR count). The van der Waals surface area contributed by atoms with Crippen LogP contribution in [0, 0.1) is 5.92 Å². The number of likely N-dealkylation sites (tertiary alicyclic amines) is 1. The average molecular weight is 274 g/mol. The molecule has 1 atom stereocenters. The van der Waals surface area contributed by atoms with Gasteiger partial charge in [-0.05, 0) is 25.2 Å². The molecule has 104 valence electrons. The van der Waals surface area contributed by atoms with E-state index in [1.54, 1.807) is 7.11 Å². The number of hydrogen-bond donors (Lipinski definition) is 1. The third kappa shape index (κ3) is 5.73. The third-order valence-electron chi connectivity index (χ3n) is 3.07. The van der Waals surface area contributed by atoms with Crippen molar-refractivity contribution in [3.63, 3.8) is 0 Å². The number of nitrogens with two attached hydrogens (primary N) is 1. The van der Waals surface area contributed by atoms with Gasteiger partial charge in [-0.1, -0.05) is 0 Å². The van der Waals surface area contributed by atoms with Crippen LogP contribution in [0.25, 0.3) is 0 Å². The molecule has 6 heteroatoms. The Morgan fingerprint density at radius 1 is 1.44 bits per heavy atom. The Kier molecular flexibility index (Phi) is 7.12. The van der Waals surface area contributed by atoms with E-state index in [1.165, 1.54) is 18.2 Å². The number of carbonyl (C=O) groups excluding carboxylic acids is 2. The van der Waals surface area contributed by atoms with E-state index in [4.69, 9.17) is 10.5 Å². The van der Waals surface area contributed by atoms with E-state index in [2.05, 4.69) is 0 Å². The van der Waals surface area contributed by atoms with Gasteiger partial charge in [-0.15, -0.1) is 11.8 Å². The average Bonchev–Trinajstić information content (AvgIpc) is 2.36. The maximum Gasteiger partial charge on any atom is 0.232 e. The molecule has 0 aromatic heterocycles. The molecule has 0 aromatic carbocycles. The van der Waals surface area contributed by atoms with Crippen LogP contribution in [0.5, 0.6) is 0 Å². The van der Waals surface area contributed by atoms with Crippen LogP contribution in [0.3, 0.4) is 0 Å². The second-order valence-corrected chi connectivity index (χ2v) is 5.57. The van der Waals surface area contributed by atoms with E-state index >= 15 is 0 Å². The molecule has 0 aromatic rings. The number of hydrogen-bond acceptors (Lipinski definition) is 4. The van der Waals surface area contributed by atoms with Crippen LogP contribution in [0.4, 0.5) is 0 Å². The van der Waals surface area contributed by atoms with Gasteiger partial charge in [-0.3, -0.25) is 9.59 Å². The number of nitrogens with zero attached hydrogens (tertiary/aromatic N) is 1. The van der Waals surface area contributed by atoms with E-state index in [9.17, 15) is 9.59 Å². The summed E-state index contributed by atoms with van der Waals surface area (Å²) in [6.45, 7) is 2.40. The number of carbonyl (C=O) groups is 2. The Morgan fingerprint density at radius 2 is 2.22 bits per heavy atom. The van der Waals surface area contributed by atoms with Crippen LogP contribution >= 0.6 is 11.8 Å². The lowest BCUT2D eigenvalue weighted by atomic mass is 9.95. The van der Waals surface area contributed by atoms with Gasteiger partial charge in [0.1, 0.15) is 0 Å². The van der Waals surface area contributed by atoms with Gasteiger partial charge in [-0.25, -0.2) is 0 Å². The molecule has 0 unspecified atom stereocenters. The minimum absolute atomic E-state index is 0.114. The van der Waals surface area contributed by atoms with Crippen LogP contribution < -0.4 is 5.73 Å². The molecule has 1 heterocycles. The molecule has 0 spiro atoms. The molecule has 2 N–H and O–H groups in total. The highest BCUT2D eigenvalue weighted by Crippen LogP contribution is 2.20. The number of thioether (sulfide) groups is 1. The molecule has 18 heavy (non-hydrogen) atoms. The van der Waals surface area contributed by atoms with Crippen molar-refractivity contribution in [3.8, 4) is 0 Å². The smallest absolute Gasteiger partial charge is 0.232 e. The number of amides is 2. The first-order chi connectivity index (χ1) is 8.63. The van der Waals surface area contributed by atoms with Gasteiger partial charge < -0.3 is 15.4 Å². The van der Waals surface area contributed by atoms with Crippen LogP contribution in [-0.4, -0.2) is 55.0 Å². The van der Waals surface area contributed by atoms with Crippen LogP contribution in [0.2, 0.25) is 0 Å². The fourth-order valence-electron chi connectivity index (χ4n) is 2.14. The van der Waals surface area contributed by atoms with E-state index in [1.807, 2.05) is 4.90 Å². The predicted octanol–water partition coefficient (Wildman–Crippen LogP) is 0.480. The molecule has 5 nitrogen and oxygen atoms in total. The highest BCUT2D eigenvalue weighted by molar-refractivity contribution is 8.00. The summed E-state index contributed by atoms with van der Waals surface area (Å²) >= 11 is 1.29. The van der Waals surface area contributed by atoms with Crippen molar-refractivity contribution in [2.24, 2.45) is 11.7 Å². The van der Waals surface area contributed by atoms with E-state index < -0.39 is 0 Å². The quantitative estimate of drug-likeness (QED) is 0.733. The van der Waals surface area contributed by atoms with Gasteiger partial charge in [0.25, 0.3) is 0 Å². The fourth-order valence-corrected chi connectivity index (χ4v) is 2.80. The van der Waals surface area contributed by atoms with E-state index in [-0.39, 0.29) is 17.6 Å². The summed E-state index contributed by atoms with van der Waals surface area (Å²) in [7, 11) is 1.70. The normalized spacial score (nSPS) is 19.8. The minimum Gasteiger partial charge on any atom is -0.385 e. The molecule has 1 fully saturated rings. The largest absolute Gasteiger partial charge is 0.385 e. The zero-order valence-corrected chi connectivity index (χ0v) is 11.7. The summed E-state index contributed by atoms with van der Waals surface area (Å²) < 4.78 is 5.07. The fraction of sp³-hybridized carbons (Fsp3) is 0.833. The van der Waals surface area contributed by atoms with Gasteiger partial charge in [0.05, 0.1) is 11.5 Å². The van der Waals surface area contributed by atoms with Crippen molar-refractivity contribution < 1.29 is 14.3 Å². The SMILES string of the molecule is COCC[C@H]1CCCN(C(=O)CSCC(N)=O)C1. The molecular formula is C12H22N2O3S. The van der Waals surface area contributed by atoms with Gasteiger partial charge in [-0.2, -0.15) is 0 Å². The Bertz CT molecular complexity index is 286. The standard InChI is InChI=1S/C12H22N2O3S/c1-17-6-4-10-3-2-5-14(7-10)12(16)9-18-8-11(13)15/h10H,2-9H2,1H3,(H2,13,15)/t10-/m1/s1. The van der Waals surface area contributed by atoms with Crippen molar-refractivity contribution >= 4 is 23.6 Å². The second-order valence-electron chi connectivity index (χ2n) is 4.59. The van der Waals surface area contributed by atoms with Crippen LogP contribution in [0.15, 0.2) is 0 Å². The molecule has 0 radical (unpaired) electrons. The molecule has 0 aliphatic carbocycles. The van der Waals surface area contributed by atoms with Crippen molar-refractivity contribution in [1.29, 1.82) is 0 Å². The first kappa shape index (κ1) is 15.3. The lowest BCUT2D eigenvalue weighted by Crippen LogP contribution is -2.41. The predicted molar refractivity (Wildman–Crippen MR) is 72.3 cm³/mol. The topological polar surface area (TPSA) is 72.6 Å². The molecule has 1 aliphatic heterocycles. The van der Waals surface area contributed by atoms with Gasteiger partial charge in [0, 0.05) is 26.8 Å². The first-order valence-electron chi connectivity index (χ1n) is 6.26. The lowest BCUT2D eigenvalue weighted by Gasteiger charge is -2.32.